The number of rotatable bonds is 3. The normalized spacial score (nSPS) is 18.6. The van der Waals surface area contributed by atoms with Crippen molar-refractivity contribution in [3.05, 3.63) is 69.2 Å². The van der Waals surface area contributed by atoms with Crippen LogP contribution in [-0.4, -0.2) is 11.2 Å². The first-order chi connectivity index (χ1) is 9.16. The third kappa shape index (κ3) is 2.38. The van der Waals surface area contributed by atoms with Gasteiger partial charge in [-0.2, -0.15) is 0 Å². The van der Waals surface area contributed by atoms with Gasteiger partial charge in [0, 0.05) is 12.3 Å². The van der Waals surface area contributed by atoms with Crippen LogP contribution in [0, 0.1) is 0 Å². The highest BCUT2D eigenvalue weighted by molar-refractivity contribution is 6.42. The molecule has 2 atom stereocenters. The maximum absolute atomic E-state index is 10.4. The maximum Gasteiger partial charge on any atom is 0.0652 e. The first-order valence-corrected chi connectivity index (χ1v) is 7.11. The quantitative estimate of drug-likeness (QED) is 0.897. The van der Waals surface area contributed by atoms with E-state index in [1.807, 2.05) is 24.3 Å². The predicted octanol–water partition coefficient (Wildman–Crippen LogP) is 4.24. The lowest BCUT2D eigenvalue weighted by Crippen LogP contribution is -2.30. The summed E-state index contributed by atoms with van der Waals surface area (Å²) in [5, 5.41) is 11.5. The van der Waals surface area contributed by atoms with Crippen LogP contribution in [0.3, 0.4) is 0 Å². The fourth-order valence-corrected chi connectivity index (χ4v) is 3.11. The standard InChI is InChI=1S/C16H14Cl2O/c17-14-7-3-5-11(16(14)18)9-15(19)13-8-10-4-1-2-6-12(10)13/h1-7,13,15,19H,8-9H2. The molecular formula is C16H14Cl2O. The molecule has 0 amide bonds. The average molecular weight is 293 g/mol. The second-order valence-corrected chi connectivity index (χ2v) is 5.78. The summed E-state index contributed by atoms with van der Waals surface area (Å²) in [4.78, 5) is 0. The summed E-state index contributed by atoms with van der Waals surface area (Å²) < 4.78 is 0. The maximum atomic E-state index is 10.4. The fraction of sp³-hybridized carbons (Fsp3) is 0.250. The summed E-state index contributed by atoms with van der Waals surface area (Å²) in [6.07, 6.45) is 1.07. The first kappa shape index (κ1) is 13.0. The topological polar surface area (TPSA) is 20.2 Å². The summed E-state index contributed by atoms with van der Waals surface area (Å²) in [7, 11) is 0. The van der Waals surface area contributed by atoms with E-state index < -0.39 is 6.10 Å². The molecule has 1 aliphatic rings. The van der Waals surface area contributed by atoms with E-state index in [0.29, 0.717) is 16.5 Å². The van der Waals surface area contributed by atoms with Gasteiger partial charge in [-0.1, -0.05) is 59.6 Å². The Morgan fingerprint density at radius 1 is 1.11 bits per heavy atom. The molecule has 19 heavy (non-hydrogen) atoms. The van der Waals surface area contributed by atoms with Crippen molar-refractivity contribution in [1.29, 1.82) is 0 Å². The second-order valence-electron chi connectivity index (χ2n) is 4.99. The van der Waals surface area contributed by atoms with Gasteiger partial charge in [0.2, 0.25) is 0 Å². The van der Waals surface area contributed by atoms with E-state index in [1.165, 1.54) is 11.1 Å². The van der Waals surface area contributed by atoms with Crippen LogP contribution in [0.2, 0.25) is 10.0 Å². The van der Waals surface area contributed by atoms with Gasteiger partial charge in [-0.15, -0.1) is 0 Å². The van der Waals surface area contributed by atoms with Crippen molar-refractivity contribution in [1.82, 2.24) is 0 Å². The first-order valence-electron chi connectivity index (χ1n) is 6.35. The van der Waals surface area contributed by atoms with E-state index in [1.54, 1.807) is 6.07 Å². The van der Waals surface area contributed by atoms with E-state index in [-0.39, 0.29) is 5.92 Å². The van der Waals surface area contributed by atoms with Crippen molar-refractivity contribution in [3.63, 3.8) is 0 Å². The summed E-state index contributed by atoms with van der Waals surface area (Å²) in [6.45, 7) is 0. The lowest BCUT2D eigenvalue weighted by atomic mass is 9.73. The number of aliphatic hydroxyl groups excluding tert-OH is 1. The molecule has 0 heterocycles. The number of hydrogen-bond donors (Lipinski definition) is 1. The molecule has 3 heteroatoms. The molecule has 0 saturated carbocycles. The van der Waals surface area contributed by atoms with Crippen molar-refractivity contribution < 1.29 is 5.11 Å². The zero-order valence-corrected chi connectivity index (χ0v) is 11.8. The molecule has 2 aromatic carbocycles. The van der Waals surface area contributed by atoms with Gasteiger partial charge in [0.05, 0.1) is 16.1 Å². The van der Waals surface area contributed by atoms with Gasteiger partial charge in [0.1, 0.15) is 0 Å². The molecule has 0 spiro atoms. The SMILES string of the molecule is OC(Cc1cccc(Cl)c1Cl)C1Cc2ccccc21. The van der Waals surface area contributed by atoms with Gasteiger partial charge in [-0.3, -0.25) is 0 Å². The van der Waals surface area contributed by atoms with Gasteiger partial charge in [-0.05, 0) is 29.2 Å². The summed E-state index contributed by atoms with van der Waals surface area (Å²) >= 11 is 12.2. The zero-order chi connectivity index (χ0) is 13.4. The molecule has 2 unspecified atom stereocenters. The second kappa shape index (κ2) is 5.16. The highest BCUT2D eigenvalue weighted by Gasteiger charge is 2.31. The van der Waals surface area contributed by atoms with Crippen LogP contribution < -0.4 is 0 Å². The molecule has 98 valence electrons. The highest BCUT2D eigenvalue weighted by atomic mass is 35.5. The molecule has 0 bridgehead atoms. The Morgan fingerprint density at radius 2 is 1.89 bits per heavy atom. The van der Waals surface area contributed by atoms with E-state index in [0.717, 1.165) is 12.0 Å². The number of hydrogen-bond acceptors (Lipinski definition) is 1. The molecule has 2 aromatic rings. The van der Waals surface area contributed by atoms with Crippen LogP contribution in [0.25, 0.3) is 0 Å². The fourth-order valence-electron chi connectivity index (χ4n) is 2.71. The molecule has 1 N–H and O–H groups in total. The number of benzene rings is 2. The van der Waals surface area contributed by atoms with Crippen LogP contribution in [0.15, 0.2) is 42.5 Å². The number of fused-ring (bicyclic) bond motifs is 1. The number of halogens is 2. The van der Waals surface area contributed by atoms with Crippen LogP contribution in [0.1, 0.15) is 22.6 Å². The van der Waals surface area contributed by atoms with Gasteiger partial charge < -0.3 is 5.11 Å². The summed E-state index contributed by atoms with van der Waals surface area (Å²) in [5.41, 5.74) is 3.50. The number of aliphatic hydroxyl groups is 1. The Kier molecular flexibility index (Phi) is 3.53. The van der Waals surface area contributed by atoms with Crippen molar-refractivity contribution in [2.75, 3.05) is 0 Å². The lowest BCUT2D eigenvalue weighted by Gasteiger charge is -2.34. The molecule has 0 aromatic heterocycles. The Morgan fingerprint density at radius 3 is 2.68 bits per heavy atom. The molecule has 0 aliphatic heterocycles. The highest BCUT2D eigenvalue weighted by Crippen LogP contribution is 2.39. The van der Waals surface area contributed by atoms with Crippen molar-refractivity contribution in [2.24, 2.45) is 0 Å². The van der Waals surface area contributed by atoms with Crippen LogP contribution in [0.4, 0.5) is 0 Å². The van der Waals surface area contributed by atoms with Crippen molar-refractivity contribution >= 4 is 23.2 Å². The van der Waals surface area contributed by atoms with E-state index in [4.69, 9.17) is 23.2 Å². The zero-order valence-electron chi connectivity index (χ0n) is 10.3. The Bertz CT molecular complexity index is 609. The van der Waals surface area contributed by atoms with Crippen LogP contribution in [0.5, 0.6) is 0 Å². The van der Waals surface area contributed by atoms with E-state index in [2.05, 4.69) is 12.1 Å². The average Bonchev–Trinajstić information content (AvgIpc) is 2.36. The van der Waals surface area contributed by atoms with Crippen molar-refractivity contribution in [3.8, 4) is 0 Å². The van der Waals surface area contributed by atoms with Crippen LogP contribution >= 0.6 is 23.2 Å². The Balaban J connectivity index is 1.77. The predicted molar refractivity (Wildman–Crippen MR) is 79.1 cm³/mol. The Hall–Kier alpha value is -1.02. The van der Waals surface area contributed by atoms with Crippen molar-refractivity contribution in [2.45, 2.75) is 24.9 Å². The third-order valence-electron chi connectivity index (χ3n) is 3.82. The summed E-state index contributed by atoms with van der Waals surface area (Å²) in [5.74, 6) is 0.214. The largest absolute Gasteiger partial charge is 0.392 e. The smallest absolute Gasteiger partial charge is 0.0652 e. The van der Waals surface area contributed by atoms with Gasteiger partial charge in [0.25, 0.3) is 0 Å². The molecule has 1 aliphatic carbocycles. The summed E-state index contributed by atoms with van der Waals surface area (Å²) in [6, 6.07) is 13.8. The third-order valence-corrected chi connectivity index (χ3v) is 4.68. The minimum atomic E-state index is -0.411. The van der Waals surface area contributed by atoms with Gasteiger partial charge >= 0.3 is 0 Å². The molecular weight excluding hydrogens is 279 g/mol. The monoisotopic (exact) mass is 292 g/mol. The minimum absolute atomic E-state index is 0.214. The minimum Gasteiger partial charge on any atom is -0.392 e. The molecule has 3 rings (SSSR count). The Labute approximate surface area is 122 Å². The van der Waals surface area contributed by atoms with E-state index >= 15 is 0 Å². The molecule has 0 saturated heterocycles. The van der Waals surface area contributed by atoms with Crippen LogP contribution in [-0.2, 0) is 12.8 Å². The lowest BCUT2D eigenvalue weighted by molar-refractivity contribution is 0.133. The molecule has 0 radical (unpaired) electrons. The van der Waals surface area contributed by atoms with E-state index in [9.17, 15) is 5.11 Å². The molecule has 1 nitrogen and oxygen atoms in total. The van der Waals surface area contributed by atoms with Gasteiger partial charge in [0.15, 0.2) is 0 Å². The van der Waals surface area contributed by atoms with Gasteiger partial charge in [-0.25, -0.2) is 0 Å². The molecule has 0 fully saturated rings.